The van der Waals surface area contributed by atoms with Crippen LogP contribution in [0.25, 0.3) is 0 Å². The van der Waals surface area contributed by atoms with Crippen molar-refractivity contribution in [3.8, 4) is 0 Å². The third-order valence-corrected chi connectivity index (χ3v) is 9.91. The number of hydrogen-bond acceptors (Lipinski definition) is 4. The van der Waals surface area contributed by atoms with Crippen LogP contribution in [0.15, 0.2) is 60.7 Å². The molecule has 7 heteroatoms. The van der Waals surface area contributed by atoms with Gasteiger partial charge < -0.3 is 10.0 Å². The van der Waals surface area contributed by atoms with Crippen LogP contribution < -0.4 is 0 Å². The molecule has 1 saturated carbocycles. The lowest BCUT2D eigenvalue weighted by atomic mass is 9.87. The summed E-state index contributed by atoms with van der Waals surface area (Å²) in [5.41, 5.74) is 4.84. The highest BCUT2D eigenvalue weighted by atomic mass is 19.1. The van der Waals surface area contributed by atoms with Crippen LogP contribution in [-0.4, -0.2) is 68.9 Å². The van der Waals surface area contributed by atoms with E-state index in [0.29, 0.717) is 18.4 Å². The van der Waals surface area contributed by atoms with Crippen molar-refractivity contribution in [3.63, 3.8) is 0 Å². The molecule has 232 valence electrons. The van der Waals surface area contributed by atoms with E-state index >= 15 is 0 Å². The molecule has 0 bridgehead atoms. The van der Waals surface area contributed by atoms with Crippen LogP contribution in [0, 0.1) is 17.7 Å². The fourth-order valence-electron chi connectivity index (χ4n) is 7.91. The van der Waals surface area contributed by atoms with Gasteiger partial charge in [0.25, 0.3) is 0 Å². The molecule has 1 aromatic heterocycles. The summed E-state index contributed by atoms with van der Waals surface area (Å²) in [4.78, 5) is 17.1. The summed E-state index contributed by atoms with van der Waals surface area (Å²) < 4.78 is 16.6. The Balaban J connectivity index is 1.27. The molecule has 43 heavy (non-hydrogen) atoms. The highest BCUT2D eigenvalue weighted by Crippen LogP contribution is 2.44. The monoisotopic (exact) mass is 588 g/mol. The van der Waals surface area contributed by atoms with Gasteiger partial charge in [0.05, 0.1) is 5.69 Å². The molecule has 1 saturated heterocycles. The number of aliphatic carboxylic acids is 1. The van der Waals surface area contributed by atoms with Crippen molar-refractivity contribution in [2.45, 2.75) is 90.3 Å². The van der Waals surface area contributed by atoms with Crippen molar-refractivity contribution in [1.82, 2.24) is 19.6 Å². The van der Waals surface area contributed by atoms with Crippen LogP contribution in [-0.2, 0) is 17.8 Å². The molecular formula is C36H49FN4O2. The van der Waals surface area contributed by atoms with Gasteiger partial charge in [-0.05, 0) is 99.3 Å². The number of hydrogen-bond donors (Lipinski definition) is 1. The van der Waals surface area contributed by atoms with Crippen LogP contribution >= 0.6 is 0 Å². The van der Waals surface area contributed by atoms with E-state index in [1.165, 1.54) is 17.3 Å². The number of carboxylic acids is 1. The van der Waals surface area contributed by atoms with Crippen molar-refractivity contribution in [2.24, 2.45) is 11.8 Å². The van der Waals surface area contributed by atoms with Gasteiger partial charge in [0.2, 0.25) is 0 Å². The molecule has 2 heterocycles. The van der Waals surface area contributed by atoms with E-state index in [-0.39, 0.29) is 23.7 Å². The van der Waals surface area contributed by atoms with Crippen LogP contribution in [0.5, 0.6) is 0 Å². The SMILES string of the molecule is CCN(C1CC(CN2CCC(c3cc(Cc4ccccc4)nn3CC)CC2)C(c2cccc(F)c2)C1)[C@@H](C(=O)O)C(C)C. The van der Waals surface area contributed by atoms with Crippen LogP contribution in [0.4, 0.5) is 4.39 Å². The third kappa shape index (κ3) is 7.38. The van der Waals surface area contributed by atoms with Crippen LogP contribution in [0.3, 0.4) is 0 Å². The van der Waals surface area contributed by atoms with E-state index in [1.807, 2.05) is 19.9 Å². The molecular weight excluding hydrogens is 539 g/mol. The van der Waals surface area contributed by atoms with Crippen molar-refractivity contribution in [3.05, 3.63) is 89.0 Å². The summed E-state index contributed by atoms with van der Waals surface area (Å²) in [6, 6.07) is 19.6. The molecule has 1 aliphatic heterocycles. The Kier molecular flexibility index (Phi) is 10.3. The topological polar surface area (TPSA) is 61.6 Å². The lowest BCUT2D eigenvalue weighted by Gasteiger charge is -2.36. The number of carbonyl (C=O) groups is 1. The quantitative estimate of drug-likeness (QED) is 0.252. The second-order valence-electron chi connectivity index (χ2n) is 13.0. The zero-order chi connectivity index (χ0) is 30.5. The number of likely N-dealkylation sites (tertiary alicyclic amines) is 1. The molecule has 0 radical (unpaired) electrons. The van der Waals surface area contributed by atoms with E-state index in [2.05, 4.69) is 70.8 Å². The predicted octanol–water partition coefficient (Wildman–Crippen LogP) is 6.81. The average Bonchev–Trinajstić information content (AvgIpc) is 3.60. The normalized spacial score (nSPS) is 22.4. The second-order valence-corrected chi connectivity index (χ2v) is 13.0. The van der Waals surface area contributed by atoms with E-state index in [9.17, 15) is 14.3 Å². The highest BCUT2D eigenvalue weighted by molar-refractivity contribution is 5.73. The summed E-state index contributed by atoms with van der Waals surface area (Å²) in [7, 11) is 0. The first-order valence-electron chi connectivity index (χ1n) is 16.3. The number of rotatable bonds is 12. The van der Waals surface area contributed by atoms with E-state index < -0.39 is 12.0 Å². The predicted molar refractivity (Wildman–Crippen MR) is 170 cm³/mol. The van der Waals surface area contributed by atoms with Crippen LogP contribution in [0.1, 0.15) is 87.7 Å². The van der Waals surface area contributed by atoms with Crippen LogP contribution in [0.2, 0.25) is 0 Å². The fraction of sp³-hybridized carbons (Fsp3) is 0.556. The number of piperidine rings is 1. The first-order valence-corrected chi connectivity index (χ1v) is 16.3. The van der Waals surface area contributed by atoms with E-state index in [1.54, 1.807) is 6.07 Å². The molecule has 2 fully saturated rings. The summed E-state index contributed by atoms with van der Waals surface area (Å²) in [6.45, 7) is 12.9. The minimum Gasteiger partial charge on any atom is -0.480 e. The van der Waals surface area contributed by atoms with Gasteiger partial charge in [-0.15, -0.1) is 0 Å². The number of nitrogens with zero attached hydrogens (tertiary/aromatic N) is 4. The summed E-state index contributed by atoms with van der Waals surface area (Å²) in [5, 5.41) is 15.0. The molecule has 3 unspecified atom stereocenters. The summed E-state index contributed by atoms with van der Waals surface area (Å²) >= 11 is 0. The Morgan fingerprint density at radius 3 is 2.42 bits per heavy atom. The van der Waals surface area contributed by atoms with Crippen molar-refractivity contribution in [2.75, 3.05) is 26.2 Å². The molecule has 1 N–H and O–H groups in total. The average molecular weight is 589 g/mol. The third-order valence-electron chi connectivity index (χ3n) is 9.91. The second kappa shape index (κ2) is 14.2. The van der Waals surface area contributed by atoms with Crippen molar-refractivity contribution >= 4 is 5.97 Å². The van der Waals surface area contributed by atoms with Crippen molar-refractivity contribution < 1.29 is 14.3 Å². The zero-order valence-corrected chi connectivity index (χ0v) is 26.3. The maximum absolute atomic E-state index is 14.4. The first-order chi connectivity index (χ1) is 20.8. The molecule has 3 aromatic rings. The van der Waals surface area contributed by atoms with Gasteiger partial charge in [-0.25, -0.2) is 4.39 Å². The van der Waals surface area contributed by atoms with Gasteiger partial charge in [0.1, 0.15) is 11.9 Å². The molecule has 1 aliphatic carbocycles. The molecule has 2 aliphatic rings. The highest BCUT2D eigenvalue weighted by Gasteiger charge is 2.42. The van der Waals surface area contributed by atoms with Gasteiger partial charge in [0, 0.05) is 37.2 Å². The number of aromatic nitrogens is 2. The smallest absolute Gasteiger partial charge is 0.321 e. The number of benzene rings is 2. The molecule has 0 spiro atoms. The van der Waals surface area contributed by atoms with Gasteiger partial charge >= 0.3 is 5.97 Å². The lowest BCUT2D eigenvalue weighted by Crippen LogP contribution is -2.49. The molecule has 0 amide bonds. The zero-order valence-electron chi connectivity index (χ0n) is 26.3. The maximum Gasteiger partial charge on any atom is 0.321 e. The van der Waals surface area contributed by atoms with Gasteiger partial charge in [-0.3, -0.25) is 14.4 Å². The van der Waals surface area contributed by atoms with E-state index in [0.717, 1.165) is 69.5 Å². The minimum atomic E-state index is -0.747. The Morgan fingerprint density at radius 2 is 1.79 bits per heavy atom. The molecule has 4 atom stereocenters. The minimum absolute atomic E-state index is 0.0212. The van der Waals surface area contributed by atoms with Crippen molar-refractivity contribution in [1.29, 1.82) is 0 Å². The van der Waals surface area contributed by atoms with Gasteiger partial charge in [-0.1, -0.05) is 63.2 Å². The lowest BCUT2D eigenvalue weighted by molar-refractivity contribution is -0.146. The van der Waals surface area contributed by atoms with Gasteiger partial charge in [0.15, 0.2) is 0 Å². The van der Waals surface area contributed by atoms with Gasteiger partial charge in [-0.2, -0.15) is 5.10 Å². The Morgan fingerprint density at radius 1 is 1.05 bits per heavy atom. The summed E-state index contributed by atoms with van der Waals surface area (Å²) in [5.74, 6) is 0.156. The molecule has 6 nitrogen and oxygen atoms in total. The number of likely N-dealkylation sites (N-methyl/N-ethyl adjacent to an activating group) is 1. The number of carboxylic acid groups (broad SMARTS) is 1. The first kappa shape index (κ1) is 31.4. The Hall–Kier alpha value is -3.03. The molecule has 2 aromatic carbocycles. The number of halogens is 1. The Bertz CT molecular complexity index is 1330. The van der Waals surface area contributed by atoms with E-state index in [4.69, 9.17) is 5.10 Å². The largest absolute Gasteiger partial charge is 0.480 e. The Labute approximate surface area is 256 Å². The number of aryl methyl sites for hydroxylation is 1. The standard InChI is InChI=1S/C36H49FN4O2/c1-5-40(35(25(3)4)36(42)43)32-21-29(33(23-32)28-13-10-14-30(37)20-28)24-39-17-15-27(16-18-39)34-22-31(38-41(34)6-2)19-26-11-8-7-9-12-26/h7-14,20,22,25,27,29,32-33,35H,5-6,15-19,21,23-24H2,1-4H3,(H,42,43)/t29?,32?,33?,35-/m1/s1. The summed E-state index contributed by atoms with van der Waals surface area (Å²) in [6.07, 6.45) is 4.88. The maximum atomic E-state index is 14.4. The fourth-order valence-corrected chi connectivity index (χ4v) is 7.91. The molecule has 5 rings (SSSR count).